The van der Waals surface area contributed by atoms with E-state index in [-0.39, 0.29) is 17.1 Å². The molecule has 0 unspecified atom stereocenters. The molecule has 0 amide bonds. The molecule has 0 N–H and O–H groups in total. The lowest BCUT2D eigenvalue weighted by atomic mass is 10.0. The predicted molar refractivity (Wildman–Crippen MR) is 119 cm³/mol. The van der Waals surface area contributed by atoms with Crippen LogP contribution in [0.4, 0.5) is 10.1 Å². The molecule has 0 bridgehead atoms. The number of fused-ring (bicyclic) bond motifs is 1. The van der Waals surface area contributed by atoms with Gasteiger partial charge in [0, 0.05) is 37.3 Å². The van der Waals surface area contributed by atoms with Gasteiger partial charge in [-0.05, 0) is 41.0 Å². The van der Waals surface area contributed by atoms with Crippen molar-refractivity contribution >= 4 is 22.9 Å². The largest absolute Gasteiger partial charge is 0.378 e. The van der Waals surface area contributed by atoms with Crippen LogP contribution in [0.2, 0.25) is 5.02 Å². The lowest BCUT2D eigenvalue weighted by Gasteiger charge is -2.29. The number of nitrogens with zero attached hydrogens (tertiary/aromatic N) is 3. The third-order valence-corrected chi connectivity index (χ3v) is 6.07. The van der Waals surface area contributed by atoms with Crippen molar-refractivity contribution in [2.75, 3.05) is 31.2 Å². The number of rotatable bonds is 4. The van der Waals surface area contributed by atoms with E-state index in [4.69, 9.17) is 16.3 Å². The normalized spacial score (nSPS) is 15.7. The first kappa shape index (κ1) is 20.0. The molecule has 2 aromatic heterocycles. The smallest absolute Gasteiger partial charge is 0.251 e. The Labute approximate surface area is 184 Å². The minimum atomic E-state index is -0.486. The molecule has 5 rings (SSSR count). The van der Waals surface area contributed by atoms with Crippen LogP contribution in [0.15, 0.2) is 59.7 Å². The maximum atomic E-state index is 13.7. The summed E-state index contributed by atoms with van der Waals surface area (Å²) in [7, 11) is 0. The number of morpholine rings is 1. The van der Waals surface area contributed by atoms with E-state index in [1.165, 1.54) is 12.1 Å². The van der Waals surface area contributed by atoms with Crippen molar-refractivity contribution in [3.05, 3.63) is 98.4 Å². The molecule has 0 saturated carbocycles. The van der Waals surface area contributed by atoms with Gasteiger partial charge < -0.3 is 14.2 Å². The van der Waals surface area contributed by atoms with Crippen molar-refractivity contribution in [3.63, 3.8) is 0 Å². The number of hydrogen-bond donors (Lipinski definition) is 0. The van der Waals surface area contributed by atoms with Gasteiger partial charge in [-0.1, -0.05) is 23.7 Å². The van der Waals surface area contributed by atoms with Crippen molar-refractivity contribution in [1.82, 2.24) is 9.55 Å². The van der Waals surface area contributed by atoms with Crippen molar-refractivity contribution in [1.29, 1.82) is 0 Å². The summed E-state index contributed by atoms with van der Waals surface area (Å²) >= 11 is 5.75. The van der Waals surface area contributed by atoms with Gasteiger partial charge in [-0.15, -0.1) is 0 Å². The first-order chi connectivity index (χ1) is 15.1. The second kappa shape index (κ2) is 8.29. The van der Waals surface area contributed by atoms with E-state index in [2.05, 4.69) is 22.0 Å². The zero-order valence-corrected chi connectivity index (χ0v) is 17.6. The molecule has 0 radical (unpaired) electrons. The monoisotopic (exact) mass is 437 g/mol. The minimum absolute atomic E-state index is 0.0725. The summed E-state index contributed by atoms with van der Waals surface area (Å²) in [6, 6.07) is 10.3. The van der Waals surface area contributed by atoms with Gasteiger partial charge in [-0.2, -0.15) is 0 Å². The SMILES string of the molecule is O=c1cc(C2=CCc3ncc(N4CCOCC4)cc32)ccn1Cc1ccc(Cl)c(F)c1. The van der Waals surface area contributed by atoms with E-state index in [1.807, 2.05) is 12.3 Å². The van der Waals surface area contributed by atoms with Crippen LogP contribution in [0.5, 0.6) is 0 Å². The van der Waals surface area contributed by atoms with E-state index < -0.39 is 5.82 Å². The lowest BCUT2D eigenvalue weighted by molar-refractivity contribution is 0.122. The highest BCUT2D eigenvalue weighted by Gasteiger charge is 2.20. The topological polar surface area (TPSA) is 47.4 Å². The van der Waals surface area contributed by atoms with Crippen molar-refractivity contribution in [3.8, 4) is 0 Å². The highest BCUT2D eigenvalue weighted by atomic mass is 35.5. The number of halogens is 2. The van der Waals surface area contributed by atoms with Gasteiger partial charge in [-0.3, -0.25) is 9.78 Å². The molecular formula is C24H21ClFN3O2. The van der Waals surface area contributed by atoms with E-state index in [0.29, 0.717) is 5.56 Å². The Hall–Kier alpha value is -2.96. The first-order valence-electron chi connectivity index (χ1n) is 10.3. The molecule has 3 heterocycles. The molecule has 1 aromatic carbocycles. The average molecular weight is 438 g/mol. The molecule has 1 aliphatic carbocycles. The molecule has 3 aromatic rings. The van der Waals surface area contributed by atoms with E-state index in [9.17, 15) is 9.18 Å². The minimum Gasteiger partial charge on any atom is -0.378 e. The van der Waals surface area contributed by atoms with Gasteiger partial charge in [0.05, 0.1) is 42.4 Å². The fourth-order valence-electron chi connectivity index (χ4n) is 4.10. The highest BCUT2D eigenvalue weighted by molar-refractivity contribution is 6.30. The Morgan fingerprint density at radius 1 is 1.13 bits per heavy atom. The van der Waals surface area contributed by atoms with Crippen molar-refractivity contribution < 1.29 is 9.13 Å². The molecule has 2 aliphatic rings. The van der Waals surface area contributed by atoms with Crippen LogP contribution in [0.25, 0.3) is 5.57 Å². The average Bonchev–Trinajstić information content (AvgIpc) is 3.21. The second-order valence-electron chi connectivity index (χ2n) is 7.74. The maximum Gasteiger partial charge on any atom is 0.251 e. The third kappa shape index (κ3) is 4.01. The van der Waals surface area contributed by atoms with Gasteiger partial charge in [0.15, 0.2) is 0 Å². The molecule has 31 heavy (non-hydrogen) atoms. The fraction of sp³-hybridized carbons (Fsp3) is 0.250. The Kier molecular flexibility index (Phi) is 5.34. The number of benzene rings is 1. The number of hydrogen-bond acceptors (Lipinski definition) is 4. The number of aromatic nitrogens is 2. The molecule has 0 spiro atoms. The summed E-state index contributed by atoms with van der Waals surface area (Å²) in [6.45, 7) is 3.42. The van der Waals surface area contributed by atoms with Crippen LogP contribution in [0.1, 0.15) is 22.4 Å². The van der Waals surface area contributed by atoms with Crippen LogP contribution in [-0.4, -0.2) is 35.9 Å². The van der Waals surface area contributed by atoms with Gasteiger partial charge in [0.2, 0.25) is 0 Å². The molecule has 1 aliphatic heterocycles. The number of ether oxygens (including phenoxy) is 1. The van der Waals surface area contributed by atoms with Gasteiger partial charge in [0.25, 0.3) is 5.56 Å². The zero-order valence-electron chi connectivity index (χ0n) is 16.9. The fourth-order valence-corrected chi connectivity index (χ4v) is 4.21. The summed E-state index contributed by atoms with van der Waals surface area (Å²) in [5.74, 6) is -0.486. The summed E-state index contributed by atoms with van der Waals surface area (Å²) in [4.78, 5) is 19.7. The number of pyridine rings is 2. The van der Waals surface area contributed by atoms with Crippen LogP contribution < -0.4 is 10.5 Å². The molecule has 7 heteroatoms. The molecule has 0 atom stereocenters. The Balaban J connectivity index is 1.41. The second-order valence-corrected chi connectivity index (χ2v) is 8.15. The van der Waals surface area contributed by atoms with Crippen molar-refractivity contribution in [2.24, 2.45) is 0 Å². The summed E-state index contributed by atoms with van der Waals surface area (Å²) in [6.07, 6.45) is 6.54. The Bertz CT molecular complexity index is 1230. The van der Waals surface area contributed by atoms with Crippen molar-refractivity contribution in [2.45, 2.75) is 13.0 Å². The molecular weight excluding hydrogens is 417 g/mol. The highest BCUT2D eigenvalue weighted by Crippen LogP contribution is 2.33. The zero-order chi connectivity index (χ0) is 21.4. The molecule has 5 nitrogen and oxygen atoms in total. The number of anilines is 1. The summed E-state index contributed by atoms with van der Waals surface area (Å²) < 4.78 is 20.7. The summed E-state index contributed by atoms with van der Waals surface area (Å²) in [5, 5.41) is 0.0725. The van der Waals surface area contributed by atoms with Gasteiger partial charge >= 0.3 is 0 Å². The quantitative estimate of drug-likeness (QED) is 0.621. The maximum absolute atomic E-state index is 13.7. The van der Waals surface area contributed by atoms with E-state index >= 15 is 0 Å². The molecule has 158 valence electrons. The van der Waals surface area contributed by atoms with Crippen LogP contribution in [0, 0.1) is 5.82 Å². The van der Waals surface area contributed by atoms with Crippen LogP contribution in [-0.2, 0) is 17.7 Å². The predicted octanol–water partition coefficient (Wildman–Crippen LogP) is 3.91. The molecule has 1 saturated heterocycles. The standard InChI is InChI=1S/C24H21ClFN3O2/c25-21-3-1-16(11-22(21)26)15-29-6-5-17(12-24(29)30)19-2-4-23-20(19)13-18(14-27-23)28-7-9-31-10-8-28/h1-3,5-6,11-14H,4,7-10,15H2. The Morgan fingerprint density at radius 3 is 2.74 bits per heavy atom. The van der Waals surface area contributed by atoms with Crippen LogP contribution in [0.3, 0.4) is 0 Å². The Morgan fingerprint density at radius 2 is 1.97 bits per heavy atom. The molecule has 1 fully saturated rings. The van der Waals surface area contributed by atoms with Crippen LogP contribution >= 0.6 is 11.6 Å². The van der Waals surface area contributed by atoms with E-state index in [0.717, 1.165) is 60.8 Å². The van der Waals surface area contributed by atoms with E-state index in [1.54, 1.807) is 22.9 Å². The number of allylic oxidation sites excluding steroid dienone is 1. The van der Waals surface area contributed by atoms with Gasteiger partial charge in [-0.25, -0.2) is 4.39 Å². The third-order valence-electron chi connectivity index (χ3n) is 5.77. The summed E-state index contributed by atoms with van der Waals surface area (Å²) in [5.41, 5.74) is 5.60. The lowest BCUT2D eigenvalue weighted by Crippen LogP contribution is -2.36. The first-order valence-corrected chi connectivity index (χ1v) is 10.6. The van der Waals surface area contributed by atoms with Gasteiger partial charge in [0.1, 0.15) is 5.82 Å².